The average Bonchev–Trinajstić information content (AvgIpc) is 2.69. The summed E-state index contributed by atoms with van der Waals surface area (Å²) in [5, 5.41) is 0. The molecule has 4 nitrogen and oxygen atoms in total. The number of rotatable bonds is 0. The minimum Gasteiger partial charge on any atom is -0.308 e. The SMILES string of the molecule is Cn1c(=O)c2cnc(Br)n2c2ccccc21. The van der Waals surface area contributed by atoms with Crippen molar-refractivity contribution in [2.24, 2.45) is 7.05 Å². The third-order valence-corrected chi connectivity index (χ3v) is 3.29. The molecule has 3 rings (SSSR count). The van der Waals surface area contributed by atoms with E-state index in [1.807, 2.05) is 28.7 Å². The Hall–Kier alpha value is -1.62. The Morgan fingerprint density at radius 1 is 1.19 bits per heavy atom. The topological polar surface area (TPSA) is 39.3 Å². The second-order valence-electron chi connectivity index (χ2n) is 3.60. The molecule has 0 unspecified atom stereocenters. The molecule has 2 aromatic heterocycles. The van der Waals surface area contributed by atoms with Crippen molar-refractivity contribution in [2.45, 2.75) is 0 Å². The maximum atomic E-state index is 12.0. The molecule has 3 aromatic rings. The number of para-hydroxylation sites is 2. The molecule has 2 heterocycles. The summed E-state index contributed by atoms with van der Waals surface area (Å²) in [4.78, 5) is 16.2. The number of halogens is 1. The van der Waals surface area contributed by atoms with E-state index in [0.717, 1.165) is 11.0 Å². The van der Waals surface area contributed by atoms with Crippen LogP contribution in [-0.2, 0) is 7.05 Å². The fourth-order valence-electron chi connectivity index (χ4n) is 1.93. The number of fused-ring (bicyclic) bond motifs is 3. The molecule has 0 N–H and O–H groups in total. The van der Waals surface area contributed by atoms with Gasteiger partial charge in [-0.2, -0.15) is 0 Å². The molecule has 0 amide bonds. The third kappa shape index (κ3) is 1.09. The Balaban J connectivity index is 2.77. The highest BCUT2D eigenvalue weighted by Gasteiger charge is 2.10. The van der Waals surface area contributed by atoms with Gasteiger partial charge >= 0.3 is 0 Å². The van der Waals surface area contributed by atoms with Gasteiger partial charge in [0.2, 0.25) is 0 Å². The molecule has 0 spiro atoms. The standard InChI is InChI=1S/C11H8BrN3O/c1-14-7-4-2-3-5-8(7)15-9(10(14)16)6-13-11(15)12/h2-6H,1H3. The maximum Gasteiger partial charge on any atom is 0.276 e. The van der Waals surface area contributed by atoms with Gasteiger partial charge < -0.3 is 4.57 Å². The van der Waals surface area contributed by atoms with Crippen LogP contribution in [0.15, 0.2) is 40.0 Å². The van der Waals surface area contributed by atoms with Crippen molar-refractivity contribution in [3.63, 3.8) is 0 Å². The summed E-state index contributed by atoms with van der Waals surface area (Å²) in [7, 11) is 1.77. The van der Waals surface area contributed by atoms with Crippen LogP contribution in [-0.4, -0.2) is 14.0 Å². The van der Waals surface area contributed by atoms with E-state index in [1.165, 1.54) is 0 Å². The van der Waals surface area contributed by atoms with Gasteiger partial charge in [-0.25, -0.2) is 4.98 Å². The third-order valence-electron chi connectivity index (χ3n) is 2.73. The lowest BCUT2D eigenvalue weighted by Gasteiger charge is -2.07. The minimum absolute atomic E-state index is 0.0445. The lowest BCUT2D eigenvalue weighted by atomic mass is 10.3. The van der Waals surface area contributed by atoms with E-state index in [2.05, 4.69) is 20.9 Å². The lowest BCUT2D eigenvalue weighted by Crippen LogP contribution is -2.19. The predicted molar refractivity (Wildman–Crippen MR) is 65.6 cm³/mol. The van der Waals surface area contributed by atoms with Crippen molar-refractivity contribution in [2.75, 3.05) is 0 Å². The highest BCUT2D eigenvalue weighted by molar-refractivity contribution is 9.10. The van der Waals surface area contributed by atoms with Gasteiger partial charge in [-0.3, -0.25) is 9.20 Å². The molecule has 80 valence electrons. The van der Waals surface area contributed by atoms with Crippen molar-refractivity contribution >= 4 is 32.5 Å². The quantitative estimate of drug-likeness (QED) is 0.630. The summed E-state index contributed by atoms with van der Waals surface area (Å²) in [6, 6.07) is 7.74. The number of aryl methyl sites for hydroxylation is 1. The van der Waals surface area contributed by atoms with Crippen molar-refractivity contribution in [3.8, 4) is 0 Å². The van der Waals surface area contributed by atoms with Crippen LogP contribution in [0.2, 0.25) is 0 Å². The Bertz CT molecular complexity index is 757. The van der Waals surface area contributed by atoms with Crippen LogP contribution in [0.25, 0.3) is 16.6 Å². The zero-order valence-electron chi connectivity index (χ0n) is 8.51. The Labute approximate surface area is 99.3 Å². The highest BCUT2D eigenvalue weighted by Crippen LogP contribution is 2.18. The van der Waals surface area contributed by atoms with E-state index in [9.17, 15) is 4.79 Å². The van der Waals surface area contributed by atoms with E-state index in [1.54, 1.807) is 17.8 Å². The van der Waals surface area contributed by atoms with Crippen LogP contribution < -0.4 is 5.56 Å². The molecule has 0 saturated heterocycles. The second kappa shape index (κ2) is 3.18. The summed E-state index contributed by atoms with van der Waals surface area (Å²) in [6.45, 7) is 0. The summed E-state index contributed by atoms with van der Waals surface area (Å²) in [5.74, 6) is 0. The van der Waals surface area contributed by atoms with Crippen molar-refractivity contribution in [1.82, 2.24) is 14.0 Å². The second-order valence-corrected chi connectivity index (χ2v) is 4.31. The van der Waals surface area contributed by atoms with Crippen LogP contribution in [0.1, 0.15) is 0 Å². The zero-order chi connectivity index (χ0) is 11.3. The Kier molecular flexibility index (Phi) is 1.91. The van der Waals surface area contributed by atoms with Gasteiger partial charge in [0.1, 0.15) is 5.52 Å². The zero-order valence-corrected chi connectivity index (χ0v) is 10.1. The molecular weight excluding hydrogens is 270 g/mol. The smallest absolute Gasteiger partial charge is 0.276 e. The Morgan fingerprint density at radius 3 is 2.62 bits per heavy atom. The van der Waals surface area contributed by atoms with E-state index in [0.29, 0.717) is 10.3 Å². The molecule has 16 heavy (non-hydrogen) atoms. The van der Waals surface area contributed by atoms with Crippen molar-refractivity contribution in [3.05, 3.63) is 45.5 Å². The molecular formula is C11H8BrN3O. The molecule has 0 aliphatic rings. The highest BCUT2D eigenvalue weighted by atomic mass is 79.9. The summed E-state index contributed by atoms with van der Waals surface area (Å²) >= 11 is 3.35. The van der Waals surface area contributed by atoms with Crippen molar-refractivity contribution < 1.29 is 0 Å². The summed E-state index contributed by atoms with van der Waals surface area (Å²) in [5.41, 5.74) is 2.38. The van der Waals surface area contributed by atoms with Crippen molar-refractivity contribution in [1.29, 1.82) is 0 Å². The van der Waals surface area contributed by atoms with E-state index >= 15 is 0 Å². The van der Waals surface area contributed by atoms with Gasteiger partial charge in [-0.15, -0.1) is 0 Å². The molecule has 0 aliphatic carbocycles. The van der Waals surface area contributed by atoms with E-state index in [-0.39, 0.29) is 5.56 Å². The molecule has 5 heteroatoms. The first-order valence-corrected chi connectivity index (χ1v) is 5.60. The molecule has 0 atom stereocenters. The van der Waals surface area contributed by atoms with E-state index in [4.69, 9.17) is 0 Å². The van der Waals surface area contributed by atoms with Crippen LogP contribution in [0.3, 0.4) is 0 Å². The van der Waals surface area contributed by atoms with Gasteiger partial charge in [0.05, 0.1) is 17.2 Å². The largest absolute Gasteiger partial charge is 0.308 e. The number of hydrogen-bond donors (Lipinski definition) is 0. The number of imidazole rings is 1. The van der Waals surface area contributed by atoms with Crippen LogP contribution in [0.5, 0.6) is 0 Å². The molecule has 0 fully saturated rings. The first kappa shape index (κ1) is 9.59. The summed E-state index contributed by atoms with van der Waals surface area (Å²) < 4.78 is 4.10. The fourth-order valence-corrected chi connectivity index (χ4v) is 2.41. The summed E-state index contributed by atoms with van der Waals surface area (Å²) in [6.07, 6.45) is 1.58. The minimum atomic E-state index is -0.0445. The first-order chi connectivity index (χ1) is 7.70. The van der Waals surface area contributed by atoms with Crippen LogP contribution in [0.4, 0.5) is 0 Å². The van der Waals surface area contributed by atoms with Gasteiger partial charge in [-0.05, 0) is 28.1 Å². The number of aromatic nitrogens is 3. The van der Waals surface area contributed by atoms with E-state index < -0.39 is 0 Å². The van der Waals surface area contributed by atoms with Gasteiger partial charge in [0.15, 0.2) is 4.73 Å². The average molecular weight is 278 g/mol. The molecule has 1 aromatic carbocycles. The van der Waals surface area contributed by atoms with Gasteiger partial charge in [0, 0.05) is 7.05 Å². The lowest BCUT2D eigenvalue weighted by molar-refractivity contribution is 0.898. The Morgan fingerprint density at radius 2 is 1.88 bits per heavy atom. The molecule has 0 aliphatic heterocycles. The fraction of sp³-hybridized carbons (Fsp3) is 0.0909. The number of hydrogen-bond acceptors (Lipinski definition) is 2. The molecule has 0 bridgehead atoms. The number of benzene rings is 1. The normalized spacial score (nSPS) is 11.4. The number of nitrogens with zero attached hydrogens (tertiary/aromatic N) is 3. The van der Waals surface area contributed by atoms with Gasteiger partial charge in [-0.1, -0.05) is 12.1 Å². The van der Waals surface area contributed by atoms with Crippen LogP contribution in [0, 0.1) is 0 Å². The monoisotopic (exact) mass is 277 g/mol. The predicted octanol–water partition coefficient (Wildman–Crippen LogP) is 1.95. The first-order valence-electron chi connectivity index (χ1n) is 4.81. The van der Waals surface area contributed by atoms with Crippen LogP contribution >= 0.6 is 15.9 Å². The molecule has 0 radical (unpaired) electrons. The molecule has 0 saturated carbocycles. The maximum absolute atomic E-state index is 12.0. The van der Waals surface area contributed by atoms with Gasteiger partial charge in [0.25, 0.3) is 5.56 Å².